The lowest BCUT2D eigenvalue weighted by Crippen LogP contribution is -2.21. The zero-order chi connectivity index (χ0) is 13.1. The maximum absolute atomic E-state index is 13.5. The number of hydrogen-bond donors (Lipinski definition) is 1. The van der Waals surface area contributed by atoms with Gasteiger partial charge in [0, 0.05) is 0 Å². The van der Waals surface area contributed by atoms with E-state index in [0.29, 0.717) is 0 Å². The van der Waals surface area contributed by atoms with Crippen LogP contribution in [0.2, 0.25) is 0 Å². The van der Waals surface area contributed by atoms with Gasteiger partial charge in [0.05, 0.1) is 8.93 Å². The molecular weight excluding hydrogens is 360 g/mol. The van der Waals surface area contributed by atoms with Crippen molar-refractivity contribution in [1.82, 2.24) is 5.32 Å². The number of nitrogens with one attached hydrogen (secondary N) is 1. The number of thiophene rings is 1. The van der Waals surface area contributed by atoms with Crippen molar-refractivity contribution < 1.29 is 4.39 Å². The molecule has 2 aromatic rings. The average molecular weight is 375 g/mol. The summed E-state index contributed by atoms with van der Waals surface area (Å²) in [5.74, 6) is -0.169. The predicted octanol–water partition coefficient (Wildman–Crippen LogP) is 4.50. The summed E-state index contributed by atoms with van der Waals surface area (Å²) in [5.41, 5.74) is 3.15. The van der Waals surface area contributed by atoms with Crippen LogP contribution in [0, 0.1) is 15.6 Å². The van der Waals surface area contributed by atoms with Gasteiger partial charge in [-0.05, 0) is 76.3 Å². The molecule has 0 aliphatic heterocycles. The standard InChI is InChI=1S/C14H15FINS/c1-3-17-14(11-7-13(16)18-8-11)10-4-9(2)5-12(15)6-10/h4-8,14,17H,3H2,1-2H3. The molecule has 4 heteroatoms. The highest BCUT2D eigenvalue weighted by Crippen LogP contribution is 2.28. The second-order valence-electron chi connectivity index (χ2n) is 4.24. The van der Waals surface area contributed by atoms with Crippen LogP contribution >= 0.6 is 33.9 Å². The molecule has 0 aliphatic rings. The van der Waals surface area contributed by atoms with E-state index in [2.05, 4.69) is 46.3 Å². The Hall–Kier alpha value is -0.460. The van der Waals surface area contributed by atoms with Crippen molar-refractivity contribution in [3.05, 3.63) is 55.0 Å². The highest BCUT2D eigenvalue weighted by atomic mass is 127. The molecule has 0 aliphatic carbocycles. The predicted molar refractivity (Wildman–Crippen MR) is 83.7 cm³/mol. The normalized spacial score (nSPS) is 12.7. The molecule has 0 saturated heterocycles. The summed E-state index contributed by atoms with van der Waals surface area (Å²) in [6.07, 6.45) is 0. The number of halogens is 2. The number of hydrogen-bond acceptors (Lipinski definition) is 2. The van der Waals surface area contributed by atoms with Crippen molar-refractivity contribution in [3.63, 3.8) is 0 Å². The molecule has 0 radical (unpaired) electrons. The summed E-state index contributed by atoms with van der Waals surface area (Å²) in [5, 5.41) is 5.55. The minimum Gasteiger partial charge on any atom is -0.307 e. The highest BCUT2D eigenvalue weighted by molar-refractivity contribution is 14.1. The van der Waals surface area contributed by atoms with E-state index in [9.17, 15) is 4.39 Å². The summed E-state index contributed by atoms with van der Waals surface area (Å²) >= 11 is 4.03. The molecule has 96 valence electrons. The minimum atomic E-state index is -0.169. The lowest BCUT2D eigenvalue weighted by molar-refractivity contribution is 0.602. The molecule has 1 aromatic carbocycles. The maximum Gasteiger partial charge on any atom is 0.123 e. The summed E-state index contributed by atoms with van der Waals surface area (Å²) < 4.78 is 14.8. The van der Waals surface area contributed by atoms with Gasteiger partial charge < -0.3 is 5.32 Å². The molecule has 0 amide bonds. The van der Waals surface area contributed by atoms with E-state index in [-0.39, 0.29) is 11.9 Å². The first-order valence-electron chi connectivity index (χ1n) is 5.84. The first kappa shape index (κ1) is 14.0. The third kappa shape index (κ3) is 3.30. The number of rotatable bonds is 4. The monoisotopic (exact) mass is 375 g/mol. The second kappa shape index (κ2) is 6.12. The smallest absolute Gasteiger partial charge is 0.123 e. The van der Waals surface area contributed by atoms with Crippen LogP contribution in [0.15, 0.2) is 29.6 Å². The summed E-state index contributed by atoms with van der Waals surface area (Å²) in [4.78, 5) is 0. The summed E-state index contributed by atoms with van der Waals surface area (Å²) in [6, 6.07) is 7.44. The minimum absolute atomic E-state index is 0.0733. The molecular formula is C14H15FINS. The van der Waals surface area contributed by atoms with Crippen molar-refractivity contribution in [1.29, 1.82) is 0 Å². The molecule has 18 heavy (non-hydrogen) atoms. The van der Waals surface area contributed by atoms with E-state index in [1.165, 1.54) is 8.45 Å². The van der Waals surface area contributed by atoms with Crippen LogP contribution in [0.3, 0.4) is 0 Å². The Morgan fingerprint density at radius 2 is 2.06 bits per heavy atom. The van der Waals surface area contributed by atoms with Crippen LogP contribution in [-0.4, -0.2) is 6.54 Å². The van der Waals surface area contributed by atoms with Crippen LogP contribution in [0.25, 0.3) is 0 Å². The summed E-state index contributed by atoms with van der Waals surface area (Å²) in [6.45, 7) is 4.84. The highest BCUT2D eigenvalue weighted by Gasteiger charge is 2.15. The van der Waals surface area contributed by atoms with Crippen molar-refractivity contribution in [2.75, 3.05) is 6.54 Å². The Bertz CT molecular complexity index is 518. The fraction of sp³-hybridized carbons (Fsp3) is 0.286. The second-order valence-corrected chi connectivity index (χ2v) is 7.04. The quantitative estimate of drug-likeness (QED) is 0.776. The van der Waals surface area contributed by atoms with Gasteiger partial charge in [0.2, 0.25) is 0 Å². The zero-order valence-corrected chi connectivity index (χ0v) is 13.3. The number of aryl methyl sites for hydroxylation is 1. The van der Waals surface area contributed by atoms with Crippen molar-refractivity contribution in [2.45, 2.75) is 19.9 Å². The maximum atomic E-state index is 13.5. The van der Waals surface area contributed by atoms with Gasteiger partial charge in [-0.1, -0.05) is 13.0 Å². The van der Waals surface area contributed by atoms with Crippen molar-refractivity contribution >= 4 is 33.9 Å². The third-order valence-corrected chi connectivity index (χ3v) is 4.53. The Morgan fingerprint density at radius 1 is 1.28 bits per heavy atom. The van der Waals surface area contributed by atoms with Crippen molar-refractivity contribution in [3.8, 4) is 0 Å². The Kier molecular flexibility index (Phi) is 4.75. The molecule has 0 saturated carbocycles. The van der Waals surface area contributed by atoms with Gasteiger partial charge in [-0.25, -0.2) is 4.39 Å². The molecule has 0 bridgehead atoms. The van der Waals surface area contributed by atoms with Gasteiger partial charge in [-0.15, -0.1) is 11.3 Å². The van der Waals surface area contributed by atoms with Crippen LogP contribution in [0.4, 0.5) is 4.39 Å². The number of benzene rings is 1. The van der Waals surface area contributed by atoms with E-state index in [1.54, 1.807) is 23.5 Å². The Labute approximate surface area is 125 Å². The lowest BCUT2D eigenvalue weighted by atomic mass is 9.99. The molecule has 2 rings (SSSR count). The molecule has 1 aromatic heterocycles. The SMILES string of the molecule is CCNC(c1cc(C)cc(F)c1)c1csc(I)c1. The molecule has 1 N–H and O–H groups in total. The van der Waals surface area contributed by atoms with Crippen LogP contribution in [0.5, 0.6) is 0 Å². The Morgan fingerprint density at radius 3 is 2.61 bits per heavy atom. The average Bonchev–Trinajstić information content (AvgIpc) is 2.71. The fourth-order valence-corrected chi connectivity index (χ4v) is 3.44. The van der Waals surface area contributed by atoms with Crippen LogP contribution < -0.4 is 5.32 Å². The van der Waals surface area contributed by atoms with Gasteiger partial charge in [0.1, 0.15) is 5.82 Å². The van der Waals surface area contributed by atoms with Gasteiger partial charge in [-0.2, -0.15) is 0 Å². The van der Waals surface area contributed by atoms with E-state index in [0.717, 1.165) is 17.7 Å². The van der Waals surface area contributed by atoms with Gasteiger partial charge >= 0.3 is 0 Å². The van der Waals surface area contributed by atoms with E-state index in [4.69, 9.17) is 0 Å². The van der Waals surface area contributed by atoms with Gasteiger partial charge in [-0.3, -0.25) is 0 Å². The van der Waals surface area contributed by atoms with E-state index < -0.39 is 0 Å². The third-order valence-electron chi connectivity index (χ3n) is 2.73. The van der Waals surface area contributed by atoms with E-state index in [1.807, 2.05) is 13.0 Å². The first-order chi connectivity index (χ1) is 8.60. The molecule has 1 nitrogen and oxygen atoms in total. The largest absolute Gasteiger partial charge is 0.307 e. The lowest BCUT2D eigenvalue weighted by Gasteiger charge is -2.18. The molecule has 1 heterocycles. The zero-order valence-electron chi connectivity index (χ0n) is 10.3. The first-order valence-corrected chi connectivity index (χ1v) is 7.80. The Balaban J connectivity index is 2.40. The van der Waals surface area contributed by atoms with Crippen LogP contribution in [-0.2, 0) is 0 Å². The topological polar surface area (TPSA) is 12.0 Å². The van der Waals surface area contributed by atoms with Gasteiger partial charge in [0.25, 0.3) is 0 Å². The summed E-state index contributed by atoms with van der Waals surface area (Å²) in [7, 11) is 0. The molecule has 1 unspecified atom stereocenters. The van der Waals surface area contributed by atoms with Gasteiger partial charge in [0.15, 0.2) is 0 Å². The van der Waals surface area contributed by atoms with Crippen LogP contribution in [0.1, 0.15) is 29.7 Å². The molecule has 1 atom stereocenters. The fourth-order valence-electron chi connectivity index (χ4n) is 2.04. The molecule has 0 fully saturated rings. The molecule has 0 spiro atoms. The van der Waals surface area contributed by atoms with E-state index >= 15 is 0 Å². The van der Waals surface area contributed by atoms with Crippen molar-refractivity contribution in [2.24, 2.45) is 0 Å².